The van der Waals surface area contributed by atoms with Gasteiger partial charge in [0.1, 0.15) is 10.7 Å². The molecule has 0 atom stereocenters. The Balaban J connectivity index is 1.75. The number of benzene rings is 1. The summed E-state index contributed by atoms with van der Waals surface area (Å²) >= 11 is 11.6. The number of hydrogen-bond acceptors (Lipinski definition) is 5. The van der Waals surface area contributed by atoms with Crippen LogP contribution in [0.1, 0.15) is 12.7 Å². The van der Waals surface area contributed by atoms with Crippen LogP contribution in [-0.4, -0.2) is 51.8 Å². The van der Waals surface area contributed by atoms with Crippen LogP contribution < -0.4 is 0 Å². The minimum absolute atomic E-state index is 0.0590. The number of halogens is 1. The van der Waals surface area contributed by atoms with E-state index in [0.29, 0.717) is 48.3 Å². The summed E-state index contributed by atoms with van der Waals surface area (Å²) in [7, 11) is 0. The molecule has 1 aliphatic rings. The van der Waals surface area contributed by atoms with Crippen molar-refractivity contribution in [1.82, 2.24) is 9.80 Å². The average Bonchev–Trinajstić information content (AvgIpc) is 3.10. The number of rotatable bonds is 3. The van der Waals surface area contributed by atoms with Crippen molar-refractivity contribution in [2.75, 3.05) is 26.2 Å². The number of carbonyl (C=O) groups excluding carboxylic acids is 1. The SMILES string of the molecule is CC(=O)N1CCN(C(=S)c2ccc(-c3ccc([N+](=O)[O-])cc3Cl)o2)CC1. The third-order valence-electron chi connectivity index (χ3n) is 4.26. The van der Waals surface area contributed by atoms with E-state index in [0.717, 1.165) is 0 Å². The van der Waals surface area contributed by atoms with Crippen molar-refractivity contribution in [3.05, 3.63) is 51.2 Å². The van der Waals surface area contributed by atoms with Gasteiger partial charge in [0.05, 0.1) is 9.95 Å². The van der Waals surface area contributed by atoms with Gasteiger partial charge in [-0.2, -0.15) is 0 Å². The van der Waals surface area contributed by atoms with E-state index >= 15 is 0 Å². The molecular formula is C17H16ClN3O4S. The molecule has 0 saturated carbocycles. The maximum Gasteiger partial charge on any atom is 0.270 e. The molecule has 1 aromatic carbocycles. The number of nitro groups is 1. The molecule has 1 amide bonds. The van der Waals surface area contributed by atoms with Gasteiger partial charge < -0.3 is 14.2 Å². The molecule has 0 spiro atoms. The lowest BCUT2D eigenvalue weighted by Gasteiger charge is -2.35. The largest absolute Gasteiger partial charge is 0.454 e. The molecule has 0 bridgehead atoms. The summed E-state index contributed by atoms with van der Waals surface area (Å²) in [6.07, 6.45) is 0. The number of nitrogens with zero attached hydrogens (tertiary/aromatic N) is 3. The summed E-state index contributed by atoms with van der Waals surface area (Å²) in [5, 5.41) is 11.0. The number of piperazine rings is 1. The first-order valence-electron chi connectivity index (χ1n) is 7.96. The van der Waals surface area contributed by atoms with Crippen LogP contribution in [0.2, 0.25) is 5.02 Å². The van der Waals surface area contributed by atoms with Crippen LogP contribution in [0.4, 0.5) is 5.69 Å². The predicted octanol–water partition coefficient (Wildman–Crippen LogP) is 3.35. The molecular weight excluding hydrogens is 378 g/mol. The Morgan fingerprint density at radius 1 is 1.19 bits per heavy atom. The van der Waals surface area contributed by atoms with Gasteiger partial charge in [0.25, 0.3) is 5.69 Å². The summed E-state index contributed by atoms with van der Waals surface area (Å²) in [5.41, 5.74) is 0.483. The summed E-state index contributed by atoms with van der Waals surface area (Å²) in [5.74, 6) is 1.08. The Morgan fingerprint density at radius 2 is 1.85 bits per heavy atom. The number of amides is 1. The van der Waals surface area contributed by atoms with Crippen molar-refractivity contribution in [3.8, 4) is 11.3 Å². The quantitative estimate of drug-likeness (QED) is 0.452. The molecule has 2 aromatic rings. The Hall–Kier alpha value is -2.45. The first-order valence-corrected chi connectivity index (χ1v) is 8.74. The van der Waals surface area contributed by atoms with E-state index in [2.05, 4.69) is 0 Å². The number of furan rings is 1. The fourth-order valence-corrected chi connectivity index (χ4v) is 3.36. The molecule has 136 valence electrons. The second kappa shape index (κ2) is 7.43. The fourth-order valence-electron chi connectivity index (χ4n) is 2.80. The molecule has 0 N–H and O–H groups in total. The molecule has 9 heteroatoms. The lowest BCUT2D eigenvalue weighted by atomic mass is 10.1. The van der Waals surface area contributed by atoms with E-state index in [-0.39, 0.29) is 16.6 Å². The molecule has 2 heterocycles. The molecule has 1 fully saturated rings. The predicted molar refractivity (Wildman–Crippen MR) is 101 cm³/mol. The Morgan fingerprint density at radius 3 is 2.42 bits per heavy atom. The second-order valence-corrected chi connectivity index (χ2v) is 6.68. The topological polar surface area (TPSA) is 79.8 Å². The van der Waals surface area contributed by atoms with Crippen LogP contribution in [0.25, 0.3) is 11.3 Å². The van der Waals surface area contributed by atoms with Gasteiger partial charge in [0.15, 0.2) is 5.76 Å². The molecule has 7 nitrogen and oxygen atoms in total. The Bertz CT molecular complexity index is 875. The van der Waals surface area contributed by atoms with E-state index in [1.807, 2.05) is 4.90 Å². The zero-order chi connectivity index (χ0) is 18.8. The van der Waals surface area contributed by atoms with Gasteiger partial charge in [0.2, 0.25) is 5.91 Å². The summed E-state index contributed by atoms with van der Waals surface area (Å²) in [6, 6.07) is 7.71. The highest BCUT2D eigenvalue weighted by molar-refractivity contribution is 7.80. The van der Waals surface area contributed by atoms with Gasteiger partial charge in [-0.15, -0.1) is 0 Å². The van der Waals surface area contributed by atoms with E-state index < -0.39 is 4.92 Å². The highest BCUT2D eigenvalue weighted by Gasteiger charge is 2.23. The van der Waals surface area contributed by atoms with Crippen LogP contribution in [-0.2, 0) is 4.79 Å². The molecule has 26 heavy (non-hydrogen) atoms. The minimum atomic E-state index is -0.501. The Kier molecular flexibility index (Phi) is 5.24. The van der Waals surface area contributed by atoms with Gasteiger partial charge in [-0.25, -0.2) is 0 Å². The van der Waals surface area contributed by atoms with Gasteiger partial charge in [-0.05, 0) is 18.2 Å². The van der Waals surface area contributed by atoms with E-state index in [9.17, 15) is 14.9 Å². The zero-order valence-electron chi connectivity index (χ0n) is 14.0. The third-order valence-corrected chi connectivity index (χ3v) is 5.03. The highest BCUT2D eigenvalue weighted by Crippen LogP contribution is 2.32. The van der Waals surface area contributed by atoms with Crippen molar-refractivity contribution >= 4 is 40.4 Å². The standard InChI is InChI=1S/C17H16ClN3O4S/c1-11(22)19-6-8-20(9-7-19)17(26)16-5-4-15(25-16)13-3-2-12(21(23)24)10-14(13)18/h2-5,10H,6-9H2,1H3. The molecule has 1 aliphatic heterocycles. The van der Waals surface area contributed by atoms with E-state index in [4.69, 9.17) is 28.2 Å². The van der Waals surface area contributed by atoms with Crippen molar-refractivity contribution in [3.63, 3.8) is 0 Å². The first kappa shape index (κ1) is 18.3. The van der Waals surface area contributed by atoms with Crippen LogP contribution in [0.5, 0.6) is 0 Å². The smallest absolute Gasteiger partial charge is 0.270 e. The van der Waals surface area contributed by atoms with Crippen LogP contribution in [0, 0.1) is 10.1 Å². The third kappa shape index (κ3) is 3.71. The van der Waals surface area contributed by atoms with Gasteiger partial charge in [-0.3, -0.25) is 14.9 Å². The maximum atomic E-state index is 11.4. The molecule has 0 unspecified atom stereocenters. The lowest BCUT2D eigenvalue weighted by molar-refractivity contribution is -0.384. The van der Waals surface area contributed by atoms with Crippen LogP contribution >= 0.6 is 23.8 Å². The zero-order valence-corrected chi connectivity index (χ0v) is 15.5. The molecule has 0 radical (unpaired) electrons. The number of carbonyl (C=O) groups is 1. The first-order chi connectivity index (χ1) is 12.4. The summed E-state index contributed by atoms with van der Waals surface area (Å²) < 4.78 is 5.82. The fraction of sp³-hybridized carbons (Fsp3) is 0.294. The van der Waals surface area contributed by atoms with Gasteiger partial charge in [-0.1, -0.05) is 23.8 Å². The highest BCUT2D eigenvalue weighted by atomic mass is 35.5. The Labute approximate surface area is 160 Å². The van der Waals surface area contributed by atoms with Crippen molar-refractivity contribution in [2.24, 2.45) is 0 Å². The molecule has 0 aliphatic carbocycles. The van der Waals surface area contributed by atoms with Crippen LogP contribution in [0.3, 0.4) is 0 Å². The average molecular weight is 394 g/mol. The maximum absolute atomic E-state index is 11.4. The number of non-ortho nitro benzene ring substituents is 1. The van der Waals surface area contributed by atoms with Crippen molar-refractivity contribution in [2.45, 2.75) is 6.92 Å². The van der Waals surface area contributed by atoms with E-state index in [1.54, 1.807) is 30.0 Å². The monoisotopic (exact) mass is 393 g/mol. The lowest BCUT2D eigenvalue weighted by Crippen LogP contribution is -2.49. The van der Waals surface area contributed by atoms with Crippen molar-refractivity contribution < 1.29 is 14.1 Å². The van der Waals surface area contributed by atoms with Gasteiger partial charge in [0, 0.05) is 50.8 Å². The van der Waals surface area contributed by atoms with Gasteiger partial charge >= 0.3 is 0 Å². The summed E-state index contributed by atoms with van der Waals surface area (Å²) in [4.78, 5) is 26.1. The number of thiocarbonyl (C=S) groups is 1. The minimum Gasteiger partial charge on any atom is -0.454 e. The number of nitro benzene ring substituents is 1. The van der Waals surface area contributed by atoms with Crippen molar-refractivity contribution in [1.29, 1.82) is 0 Å². The molecule has 3 rings (SSSR count). The van der Waals surface area contributed by atoms with E-state index in [1.165, 1.54) is 12.1 Å². The normalized spacial score (nSPS) is 14.4. The molecule has 1 saturated heterocycles. The summed E-state index contributed by atoms with van der Waals surface area (Å²) in [6.45, 7) is 4.09. The number of hydrogen-bond donors (Lipinski definition) is 0. The van der Waals surface area contributed by atoms with Crippen LogP contribution in [0.15, 0.2) is 34.7 Å². The second-order valence-electron chi connectivity index (χ2n) is 5.88. The molecule has 1 aromatic heterocycles.